The Morgan fingerprint density at radius 3 is 2.90 bits per heavy atom. The van der Waals surface area contributed by atoms with Gasteiger partial charge in [0.2, 0.25) is 0 Å². The Morgan fingerprint density at radius 2 is 2.14 bits per heavy atom. The van der Waals surface area contributed by atoms with Gasteiger partial charge in [-0.25, -0.2) is 14.4 Å². The molecule has 0 atom stereocenters. The van der Waals surface area contributed by atoms with Crippen LogP contribution in [0.25, 0.3) is 5.65 Å². The quantitative estimate of drug-likeness (QED) is 0.756. The van der Waals surface area contributed by atoms with E-state index in [0.29, 0.717) is 21.8 Å². The van der Waals surface area contributed by atoms with Gasteiger partial charge < -0.3 is 15.0 Å². The van der Waals surface area contributed by atoms with Crippen molar-refractivity contribution in [3.63, 3.8) is 0 Å². The van der Waals surface area contributed by atoms with E-state index in [0.717, 1.165) is 11.3 Å². The molecule has 3 aromatic rings. The van der Waals surface area contributed by atoms with Crippen molar-refractivity contribution >= 4 is 38.9 Å². The number of hydrogen-bond acceptors (Lipinski definition) is 4. The summed E-state index contributed by atoms with van der Waals surface area (Å²) in [5, 5.41) is 6.21. The van der Waals surface area contributed by atoms with Crippen LogP contribution in [0.2, 0.25) is 0 Å². The SMILES string of the molecule is CNc1cn2ccnc2c(Nc2cc(Br)c(F)cc2C)n1. The summed E-state index contributed by atoms with van der Waals surface area (Å²) >= 11 is 3.20. The summed E-state index contributed by atoms with van der Waals surface area (Å²) in [5.41, 5.74) is 2.26. The lowest BCUT2D eigenvalue weighted by atomic mass is 10.2. The molecule has 0 aliphatic rings. The third kappa shape index (κ3) is 2.56. The highest BCUT2D eigenvalue weighted by molar-refractivity contribution is 9.10. The molecule has 7 heteroatoms. The van der Waals surface area contributed by atoms with Gasteiger partial charge in [0.15, 0.2) is 11.5 Å². The number of aryl methyl sites for hydroxylation is 1. The van der Waals surface area contributed by atoms with Crippen molar-refractivity contribution in [3.8, 4) is 0 Å². The van der Waals surface area contributed by atoms with Crippen molar-refractivity contribution in [1.29, 1.82) is 0 Å². The second-order valence-electron chi connectivity index (χ2n) is 4.59. The Kier molecular flexibility index (Phi) is 3.50. The molecule has 108 valence electrons. The Balaban J connectivity index is 2.09. The molecule has 5 nitrogen and oxygen atoms in total. The van der Waals surface area contributed by atoms with E-state index in [-0.39, 0.29) is 5.82 Å². The molecule has 0 saturated carbocycles. The fourth-order valence-electron chi connectivity index (χ4n) is 2.04. The topological polar surface area (TPSA) is 54.2 Å². The van der Waals surface area contributed by atoms with Gasteiger partial charge in [-0.2, -0.15) is 0 Å². The maximum absolute atomic E-state index is 13.5. The maximum atomic E-state index is 13.5. The van der Waals surface area contributed by atoms with E-state index in [9.17, 15) is 4.39 Å². The number of nitrogens with zero attached hydrogens (tertiary/aromatic N) is 3. The minimum absolute atomic E-state index is 0.291. The van der Waals surface area contributed by atoms with Crippen LogP contribution in [-0.4, -0.2) is 21.4 Å². The van der Waals surface area contributed by atoms with Crippen LogP contribution in [0.15, 0.2) is 35.2 Å². The van der Waals surface area contributed by atoms with Crippen molar-refractivity contribution in [2.75, 3.05) is 17.7 Å². The molecule has 0 aliphatic heterocycles. The largest absolute Gasteiger partial charge is 0.372 e. The minimum atomic E-state index is -0.291. The molecule has 0 unspecified atom stereocenters. The zero-order valence-corrected chi connectivity index (χ0v) is 13.1. The lowest BCUT2D eigenvalue weighted by molar-refractivity contribution is 0.620. The molecule has 2 aromatic heterocycles. The summed E-state index contributed by atoms with van der Waals surface area (Å²) in [6.07, 6.45) is 5.40. The van der Waals surface area contributed by atoms with Crippen LogP contribution in [0.1, 0.15) is 5.56 Å². The Hall–Kier alpha value is -2.15. The molecule has 0 spiro atoms. The average Bonchev–Trinajstić information content (AvgIpc) is 2.93. The molecule has 0 radical (unpaired) electrons. The number of benzene rings is 1. The fourth-order valence-corrected chi connectivity index (χ4v) is 2.39. The summed E-state index contributed by atoms with van der Waals surface area (Å²) in [7, 11) is 1.80. The molecule has 0 saturated heterocycles. The van der Waals surface area contributed by atoms with Crippen molar-refractivity contribution < 1.29 is 4.39 Å². The smallest absolute Gasteiger partial charge is 0.180 e. The molecule has 21 heavy (non-hydrogen) atoms. The molecule has 2 heterocycles. The van der Waals surface area contributed by atoms with Gasteiger partial charge >= 0.3 is 0 Å². The zero-order valence-electron chi connectivity index (χ0n) is 11.5. The van der Waals surface area contributed by atoms with Crippen molar-refractivity contribution in [2.45, 2.75) is 6.92 Å². The third-order valence-electron chi connectivity index (χ3n) is 3.15. The van der Waals surface area contributed by atoms with Gasteiger partial charge in [-0.3, -0.25) is 0 Å². The predicted molar refractivity (Wildman–Crippen MR) is 84.7 cm³/mol. The summed E-state index contributed by atoms with van der Waals surface area (Å²) < 4.78 is 15.8. The summed E-state index contributed by atoms with van der Waals surface area (Å²) in [4.78, 5) is 8.75. The van der Waals surface area contributed by atoms with Gasteiger partial charge in [0.1, 0.15) is 11.6 Å². The molecular weight excluding hydrogens is 337 g/mol. The average molecular weight is 350 g/mol. The first-order valence-electron chi connectivity index (χ1n) is 6.32. The first-order valence-corrected chi connectivity index (χ1v) is 7.12. The zero-order chi connectivity index (χ0) is 15.0. The molecule has 0 fully saturated rings. The maximum Gasteiger partial charge on any atom is 0.180 e. The van der Waals surface area contributed by atoms with Gasteiger partial charge in [0.25, 0.3) is 0 Å². The van der Waals surface area contributed by atoms with Crippen molar-refractivity contribution in [1.82, 2.24) is 14.4 Å². The monoisotopic (exact) mass is 349 g/mol. The van der Waals surface area contributed by atoms with E-state index in [1.54, 1.807) is 19.3 Å². The lowest BCUT2D eigenvalue weighted by Gasteiger charge is -2.12. The first-order chi connectivity index (χ1) is 10.1. The van der Waals surface area contributed by atoms with Crippen LogP contribution in [0.3, 0.4) is 0 Å². The summed E-state index contributed by atoms with van der Waals surface area (Å²) in [5.74, 6) is 1.02. The van der Waals surface area contributed by atoms with Crippen LogP contribution in [0, 0.1) is 12.7 Å². The number of fused-ring (bicyclic) bond motifs is 1. The second kappa shape index (κ2) is 5.33. The minimum Gasteiger partial charge on any atom is -0.372 e. The van der Waals surface area contributed by atoms with E-state index in [1.165, 1.54) is 6.07 Å². The van der Waals surface area contributed by atoms with E-state index < -0.39 is 0 Å². The number of rotatable bonds is 3. The number of anilines is 3. The van der Waals surface area contributed by atoms with Gasteiger partial charge in [-0.15, -0.1) is 0 Å². The van der Waals surface area contributed by atoms with Gasteiger partial charge in [0, 0.05) is 25.1 Å². The Labute approximate surface area is 129 Å². The van der Waals surface area contributed by atoms with E-state index in [2.05, 4.69) is 36.5 Å². The number of hydrogen-bond donors (Lipinski definition) is 2. The van der Waals surface area contributed by atoms with Crippen molar-refractivity contribution in [3.05, 3.63) is 46.6 Å². The van der Waals surface area contributed by atoms with Crippen LogP contribution in [-0.2, 0) is 0 Å². The summed E-state index contributed by atoms with van der Waals surface area (Å²) in [6.45, 7) is 1.84. The predicted octanol–water partition coefficient (Wildman–Crippen LogP) is 3.72. The van der Waals surface area contributed by atoms with Gasteiger partial charge in [-0.1, -0.05) is 0 Å². The Bertz CT molecular complexity index is 814. The number of imidazole rings is 1. The van der Waals surface area contributed by atoms with Gasteiger partial charge in [-0.05, 0) is 40.5 Å². The third-order valence-corrected chi connectivity index (χ3v) is 3.76. The molecule has 2 N–H and O–H groups in total. The normalized spacial score (nSPS) is 10.9. The lowest BCUT2D eigenvalue weighted by Crippen LogP contribution is -2.03. The van der Waals surface area contributed by atoms with E-state index in [4.69, 9.17) is 0 Å². The first kappa shape index (κ1) is 13.8. The molecule has 0 aliphatic carbocycles. The highest BCUT2D eigenvalue weighted by Gasteiger charge is 2.10. The molecular formula is C14H13BrFN5. The highest BCUT2D eigenvalue weighted by Crippen LogP contribution is 2.28. The van der Waals surface area contributed by atoms with E-state index >= 15 is 0 Å². The number of aromatic nitrogens is 3. The van der Waals surface area contributed by atoms with Crippen molar-refractivity contribution in [2.24, 2.45) is 0 Å². The molecule has 1 aromatic carbocycles. The van der Waals surface area contributed by atoms with Crippen LogP contribution in [0.5, 0.6) is 0 Å². The highest BCUT2D eigenvalue weighted by atomic mass is 79.9. The summed E-state index contributed by atoms with van der Waals surface area (Å²) in [6, 6.07) is 3.16. The van der Waals surface area contributed by atoms with Crippen LogP contribution >= 0.6 is 15.9 Å². The number of nitrogens with one attached hydrogen (secondary N) is 2. The van der Waals surface area contributed by atoms with Gasteiger partial charge in [0.05, 0.1) is 10.7 Å². The second-order valence-corrected chi connectivity index (χ2v) is 5.44. The molecule has 0 amide bonds. The fraction of sp³-hybridized carbons (Fsp3) is 0.143. The molecule has 3 rings (SSSR count). The van der Waals surface area contributed by atoms with Crippen LogP contribution < -0.4 is 10.6 Å². The van der Waals surface area contributed by atoms with Crippen LogP contribution in [0.4, 0.5) is 21.7 Å². The van der Waals surface area contributed by atoms with E-state index in [1.807, 2.05) is 23.7 Å². The number of halogens is 2. The molecule has 0 bridgehead atoms. The standard InChI is InChI=1S/C14H13BrFN5/c1-8-5-10(16)9(15)6-11(8)19-13-14-18-3-4-21(14)7-12(17-2)20-13/h3-7,17H,1-2H3,(H,19,20). The Morgan fingerprint density at radius 1 is 1.33 bits per heavy atom.